The van der Waals surface area contributed by atoms with Crippen molar-refractivity contribution in [2.24, 2.45) is 16.0 Å². The van der Waals surface area contributed by atoms with Gasteiger partial charge in [0.05, 0.1) is 133 Å². The number of nitrogens with two attached hydrogens (primary N) is 1. The number of hydrogen-bond acceptors (Lipinski definition) is 25. The summed E-state index contributed by atoms with van der Waals surface area (Å²) in [6.45, 7) is 19.5. The number of carbonyl (C=O) groups excluding carboxylic acids is 7. The predicted octanol–water partition coefficient (Wildman–Crippen LogP) is 15.6. The van der Waals surface area contributed by atoms with E-state index in [9.17, 15) is 43.5 Å². The number of aryl methyl sites for hydroxylation is 2. The van der Waals surface area contributed by atoms with E-state index in [-0.39, 0.29) is 122 Å². The van der Waals surface area contributed by atoms with Crippen molar-refractivity contribution in [3.63, 3.8) is 0 Å². The molecule has 0 saturated carbocycles. The fraction of sp³-hybridized carbons (Fsp3) is 0.474. The van der Waals surface area contributed by atoms with Gasteiger partial charge in [-0.05, 0) is 182 Å². The highest BCUT2D eigenvalue weighted by Crippen LogP contribution is 2.34. The SMILES string of the molecule is COC(=O)C[C@H](CC(=O)[C@H](COCCOCCOCCOCCN=[N+]=[N-])NC(=O)CCCCN(C(=O)OC(C)(C)C)c1cc(C)ccn1)c1ccc(-c2cccc3ccccc23)cc1.COC(=O)C[C@H](N)c1ccc(-c2cccc3ccccc23)cc1.Cc1ccnc(N(CCCCC(=O)N[C@@H](COCCOCCOCCOCCN=[N+]=[N-])C(=O)O)C(=O)OC(C)(C)C)c1. The molecule has 5 N–H and O–H groups in total. The summed E-state index contributed by atoms with van der Waals surface area (Å²) < 4.78 is 64.3. The minimum Gasteiger partial charge on any atom is -0.480 e. The van der Waals surface area contributed by atoms with E-state index < -0.39 is 59.2 Å². The third-order valence-corrected chi connectivity index (χ3v) is 19.2. The van der Waals surface area contributed by atoms with Crippen molar-refractivity contribution in [2.75, 3.05) is 156 Å². The minimum absolute atomic E-state index is 0.0426. The van der Waals surface area contributed by atoms with Crippen molar-refractivity contribution in [3.05, 3.63) is 213 Å². The molecule has 4 amide bonds. The monoisotopic (exact) mass is 1780 g/mol. The molecule has 129 heavy (non-hydrogen) atoms. The maximum atomic E-state index is 14.1. The number of nitrogens with zero attached hydrogens (tertiary/aromatic N) is 10. The smallest absolute Gasteiger partial charge is 0.416 e. The molecule has 6 aromatic carbocycles. The number of unbranched alkanes of at least 4 members (excludes halogenated alkanes) is 2. The Balaban J connectivity index is 0.000000335. The molecule has 2 heterocycles. The number of Topliss-reactive ketones (excluding diaryl/α,β-unsaturated/α-hetero) is 1. The van der Waals surface area contributed by atoms with Crippen LogP contribution in [0.1, 0.15) is 134 Å². The number of pyridine rings is 2. The van der Waals surface area contributed by atoms with Gasteiger partial charge in [-0.3, -0.25) is 33.8 Å². The zero-order valence-corrected chi connectivity index (χ0v) is 75.6. The minimum atomic E-state index is -1.21. The van der Waals surface area contributed by atoms with Gasteiger partial charge in [-0.2, -0.15) is 0 Å². The zero-order valence-electron chi connectivity index (χ0n) is 75.6. The summed E-state index contributed by atoms with van der Waals surface area (Å²) in [5.74, 6) is -2.69. The number of rotatable bonds is 54. The van der Waals surface area contributed by atoms with E-state index in [1.54, 1.807) is 66.1 Å². The number of carbonyl (C=O) groups is 8. The number of amides is 4. The van der Waals surface area contributed by atoms with Crippen molar-refractivity contribution < 1.29 is 100 Å². The molecule has 34 nitrogen and oxygen atoms in total. The second-order valence-electron chi connectivity index (χ2n) is 31.7. The van der Waals surface area contributed by atoms with E-state index in [0.29, 0.717) is 103 Å². The Bertz CT molecular complexity index is 4860. The van der Waals surface area contributed by atoms with Gasteiger partial charge < -0.3 is 78.3 Å². The number of methoxy groups -OCH3 is 2. The molecule has 34 heteroatoms. The van der Waals surface area contributed by atoms with Crippen LogP contribution in [0.3, 0.4) is 0 Å². The summed E-state index contributed by atoms with van der Waals surface area (Å²) in [7, 11) is 2.68. The van der Waals surface area contributed by atoms with Gasteiger partial charge in [0.2, 0.25) is 11.8 Å². The van der Waals surface area contributed by atoms with Gasteiger partial charge in [0.25, 0.3) is 0 Å². The van der Waals surface area contributed by atoms with Crippen LogP contribution in [0.2, 0.25) is 0 Å². The van der Waals surface area contributed by atoms with Crippen LogP contribution >= 0.6 is 0 Å². The molecule has 0 aliphatic carbocycles. The first kappa shape index (κ1) is 106. The normalized spacial score (nSPS) is 12.1. The summed E-state index contributed by atoms with van der Waals surface area (Å²) in [6.07, 6.45) is 4.17. The Kier molecular flexibility index (Phi) is 48.5. The summed E-state index contributed by atoms with van der Waals surface area (Å²) in [6, 6.07) is 49.5. The van der Waals surface area contributed by atoms with Gasteiger partial charge in [-0.25, -0.2) is 24.4 Å². The molecule has 0 saturated heterocycles. The number of benzene rings is 6. The van der Waals surface area contributed by atoms with Crippen LogP contribution < -0.4 is 26.2 Å². The average Bonchev–Trinajstić information content (AvgIpc) is 0.800. The van der Waals surface area contributed by atoms with E-state index in [0.717, 1.165) is 49.7 Å². The van der Waals surface area contributed by atoms with E-state index in [4.69, 9.17) is 68.9 Å². The van der Waals surface area contributed by atoms with Crippen LogP contribution in [0.25, 0.3) is 64.7 Å². The quantitative estimate of drug-likeness (QED) is 0.00687. The number of carboxylic acid groups (broad SMARTS) is 1. The molecule has 0 bridgehead atoms. The van der Waals surface area contributed by atoms with E-state index >= 15 is 0 Å². The fourth-order valence-electron chi connectivity index (χ4n) is 12.8. The van der Waals surface area contributed by atoms with E-state index in [1.165, 1.54) is 40.4 Å². The van der Waals surface area contributed by atoms with Crippen molar-refractivity contribution >= 4 is 80.9 Å². The second kappa shape index (κ2) is 59.2. The van der Waals surface area contributed by atoms with Gasteiger partial charge in [-0.15, -0.1) is 0 Å². The summed E-state index contributed by atoms with van der Waals surface area (Å²) in [5.41, 5.74) is 29.1. The summed E-state index contributed by atoms with van der Waals surface area (Å²) >= 11 is 0. The number of azide groups is 2. The first-order valence-electron chi connectivity index (χ1n) is 43.0. The van der Waals surface area contributed by atoms with Crippen molar-refractivity contribution in [2.45, 2.75) is 148 Å². The fourth-order valence-corrected chi connectivity index (χ4v) is 12.8. The summed E-state index contributed by atoms with van der Waals surface area (Å²) in [4.78, 5) is 118. The molecule has 0 aliphatic heterocycles. The molecule has 696 valence electrons. The van der Waals surface area contributed by atoms with Crippen LogP contribution in [-0.2, 0) is 85.6 Å². The highest BCUT2D eigenvalue weighted by atomic mass is 16.6. The Morgan fingerprint density at radius 3 is 1.22 bits per heavy atom. The Morgan fingerprint density at radius 1 is 0.457 bits per heavy atom. The average molecular weight is 1790 g/mol. The van der Waals surface area contributed by atoms with Gasteiger partial charge in [0.1, 0.15) is 28.9 Å². The van der Waals surface area contributed by atoms with Crippen LogP contribution in [0, 0.1) is 13.8 Å². The molecule has 0 spiro atoms. The van der Waals surface area contributed by atoms with Gasteiger partial charge in [-0.1, -0.05) is 144 Å². The lowest BCUT2D eigenvalue weighted by atomic mass is 9.87. The first-order chi connectivity index (χ1) is 62.1. The molecular formula is C95H125N13O21. The van der Waals surface area contributed by atoms with E-state index in [1.807, 2.05) is 105 Å². The maximum absolute atomic E-state index is 14.1. The number of ketones is 1. The molecule has 0 unspecified atom stereocenters. The molecule has 2 aromatic heterocycles. The molecule has 0 aliphatic rings. The predicted molar refractivity (Wildman–Crippen MR) is 490 cm³/mol. The van der Waals surface area contributed by atoms with Crippen molar-refractivity contribution in [1.29, 1.82) is 0 Å². The van der Waals surface area contributed by atoms with Gasteiger partial charge in [0.15, 0.2) is 11.8 Å². The molecule has 8 aromatic rings. The highest BCUT2D eigenvalue weighted by molar-refractivity contribution is 5.98. The molecule has 0 radical (unpaired) electrons. The number of fused-ring (bicyclic) bond motifs is 2. The van der Waals surface area contributed by atoms with Gasteiger partial charge in [0, 0.05) is 79.6 Å². The van der Waals surface area contributed by atoms with Crippen LogP contribution in [0.5, 0.6) is 0 Å². The number of aliphatic carboxylic acids is 1. The van der Waals surface area contributed by atoms with Crippen LogP contribution in [0.15, 0.2) is 180 Å². The number of esters is 2. The largest absolute Gasteiger partial charge is 0.480 e. The number of ether oxygens (including phenoxy) is 12. The number of nitrogens with one attached hydrogen (secondary N) is 2. The highest BCUT2D eigenvalue weighted by Gasteiger charge is 2.30. The lowest BCUT2D eigenvalue weighted by Gasteiger charge is -2.27. The topological polar surface area (TPSA) is 447 Å². The number of aromatic nitrogens is 2. The first-order valence-corrected chi connectivity index (χ1v) is 43.0. The molecule has 4 atom stereocenters. The van der Waals surface area contributed by atoms with Crippen molar-refractivity contribution in [3.8, 4) is 22.3 Å². The third-order valence-electron chi connectivity index (χ3n) is 19.2. The third kappa shape index (κ3) is 41.7. The Morgan fingerprint density at radius 2 is 0.829 bits per heavy atom. The standard InChI is InChI=1S/C48H62N6O10.C27H44N6O9.C20H19NO2/c1-35-20-21-50-44(31-35)54(47(58)64-48(2,3)4)23-9-8-15-45(56)52-42(34-63-30-29-62-28-27-61-26-25-60-24-22-51-53-49)43(55)32-39(33-46(57)59-5)36-16-18-38(19-17-36)41-14-10-12-37-11-6-7-13-40(37)41;1-21-8-9-29-23(19-21)33(26(37)42-27(2,3)4)11-6-5-7-24(34)31-22(25(35)36)20-41-18-17-40-16-15-39-14-13-38-12-10-30-32-28;1-23-20(22)13-19(21)16-11-9-15(10-12-16)18-8-4-6-14-5-2-3-7-17(14)18/h6-7,10-14,16-21,31,39,42H,8-9,15,22-30,32-34H2,1-5H3,(H,52,56);8-9,19,22H,5-7,10-18,20H2,1-4H3,(H,31,34)(H,35,36);2-12,19H,13,21H2,1H3/t39-,42-;22-;19-/m000/s1. The second-order valence-corrected chi connectivity index (χ2v) is 31.7. The molecule has 8 rings (SSSR count). The molecular weight excluding hydrogens is 1660 g/mol. The number of carboxylic acids is 1. The lowest BCUT2D eigenvalue weighted by molar-refractivity contribution is -0.144. The summed E-state index contributed by atoms with van der Waals surface area (Å²) in [5, 5.41) is 26.2. The van der Waals surface area contributed by atoms with E-state index in [2.05, 4.69) is 100.0 Å². The maximum Gasteiger partial charge on any atom is 0.416 e. The number of anilines is 2. The molecule has 0 fully saturated rings. The Hall–Kier alpha value is -12.0. The van der Waals surface area contributed by atoms with Crippen molar-refractivity contribution in [1.82, 2.24) is 20.6 Å². The lowest BCUT2D eigenvalue weighted by Crippen LogP contribution is -2.44. The Labute approximate surface area is 754 Å². The number of hydrogen-bond donors (Lipinski definition) is 4. The van der Waals surface area contributed by atoms with Gasteiger partial charge >= 0.3 is 30.1 Å². The zero-order chi connectivity index (χ0) is 93.6. The van der Waals surface area contributed by atoms with Crippen LogP contribution in [-0.4, -0.2) is 232 Å². The van der Waals surface area contributed by atoms with Crippen LogP contribution in [0.4, 0.5) is 21.2 Å².